The Morgan fingerprint density at radius 3 is 2.07 bits per heavy atom. The highest BCUT2D eigenvalue weighted by Crippen LogP contribution is 2.41. The van der Waals surface area contributed by atoms with E-state index >= 15 is 0 Å². The van der Waals surface area contributed by atoms with Crippen molar-refractivity contribution in [1.82, 2.24) is 0 Å². The molecule has 1 aromatic carbocycles. The van der Waals surface area contributed by atoms with Crippen LogP contribution >= 0.6 is 0 Å². The fraction of sp³-hybridized carbons (Fsp3) is 0.565. The monoisotopic (exact) mass is 420 g/mol. The lowest BCUT2D eigenvalue weighted by molar-refractivity contribution is -0.230. The molecule has 0 spiro atoms. The van der Waals surface area contributed by atoms with E-state index in [0.29, 0.717) is 6.61 Å². The highest BCUT2D eigenvalue weighted by molar-refractivity contribution is 5.26. The van der Waals surface area contributed by atoms with Crippen LogP contribution in [-0.4, -0.2) is 67.8 Å². The molecule has 1 N–H and O–H groups in total. The van der Waals surface area contributed by atoms with Crippen molar-refractivity contribution in [2.45, 2.75) is 62.9 Å². The number of aliphatic hydroxyl groups is 1. The SMILES string of the molecule is C=CCO[C@@H]1[C@H]2OC(C)(C)O[C@H]2[C@@H](OCC=C)[C@H](O)[C@H]1OCc1ccc(OC)cc1. The normalized spacial score (nSPS) is 32.4. The van der Waals surface area contributed by atoms with E-state index < -0.39 is 42.4 Å². The van der Waals surface area contributed by atoms with Crippen molar-refractivity contribution in [1.29, 1.82) is 0 Å². The predicted octanol–water partition coefficient (Wildman–Crippen LogP) is 2.62. The second-order valence-electron chi connectivity index (χ2n) is 7.85. The Morgan fingerprint density at radius 1 is 0.933 bits per heavy atom. The summed E-state index contributed by atoms with van der Waals surface area (Å²) in [7, 11) is 1.62. The molecule has 166 valence electrons. The number of aliphatic hydroxyl groups excluding tert-OH is 1. The van der Waals surface area contributed by atoms with Gasteiger partial charge in [-0.05, 0) is 31.5 Å². The van der Waals surface area contributed by atoms with Crippen LogP contribution in [0, 0.1) is 0 Å². The van der Waals surface area contributed by atoms with E-state index in [4.69, 9.17) is 28.4 Å². The molecule has 1 aliphatic heterocycles. The molecule has 7 heteroatoms. The van der Waals surface area contributed by atoms with Gasteiger partial charge in [0.25, 0.3) is 0 Å². The van der Waals surface area contributed by atoms with E-state index in [1.165, 1.54) is 0 Å². The fourth-order valence-corrected chi connectivity index (χ4v) is 3.94. The highest BCUT2D eigenvalue weighted by atomic mass is 16.8. The number of hydrogen-bond acceptors (Lipinski definition) is 7. The number of benzene rings is 1. The van der Waals surface area contributed by atoms with Crippen molar-refractivity contribution in [3.8, 4) is 5.75 Å². The third kappa shape index (κ3) is 5.11. The Labute approximate surface area is 178 Å². The van der Waals surface area contributed by atoms with Crippen molar-refractivity contribution in [2.75, 3.05) is 20.3 Å². The first-order valence-electron chi connectivity index (χ1n) is 10.1. The molecule has 0 radical (unpaired) electrons. The molecule has 1 aliphatic carbocycles. The molecule has 0 amide bonds. The Kier molecular flexibility index (Phi) is 7.68. The lowest BCUT2D eigenvalue weighted by Gasteiger charge is -2.44. The maximum Gasteiger partial charge on any atom is 0.164 e. The van der Waals surface area contributed by atoms with Crippen molar-refractivity contribution in [2.24, 2.45) is 0 Å². The van der Waals surface area contributed by atoms with Crippen LogP contribution in [0.1, 0.15) is 19.4 Å². The highest BCUT2D eigenvalue weighted by Gasteiger charge is 2.59. The van der Waals surface area contributed by atoms with Gasteiger partial charge in [0.2, 0.25) is 0 Å². The second-order valence-corrected chi connectivity index (χ2v) is 7.85. The minimum atomic E-state index is -0.975. The molecule has 0 unspecified atom stereocenters. The number of fused-ring (bicyclic) bond motifs is 1. The molecule has 7 nitrogen and oxygen atoms in total. The first kappa shape index (κ1) is 22.9. The number of hydrogen-bond donors (Lipinski definition) is 1. The molecule has 1 saturated carbocycles. The van der Waals surface area contributed by atoms with Gasteiger partial charge < -0.3 is 33.5 Å². The number of methoxy groups -OCH3 is 1. The van der Waals surface area contributed by atoms with Crippen molar-refractivity contribution in [3.05, 3.63) is 55.1 Å². The summed E-state index contributed by atoms with van der Waals surface area (Å²) in [5.41, 5.74) is 0.945. The van der Waals surface area contributed by atoms with Crippen LogP contribution in [0.15, 0.2) is 49.6 Å². The van der Waals surface area contributed by atoms with Crippen molar-refractivity contribution in [3.63, 3.8) is 0 Å². The number of ether oxygens (including phenoxy) is 6. The predicted molar refractivity (Wildman–Crippen MR) is 111 cm³/mol. The van der Waals surface area contributed by atoms with E-state index in [-0.39, 0.29) is 13.2 Å². The molecule has 1 saturated heterocycles. The second kappa shape index (κ2) is 10.0. The van der Waals surface area contributed by atoms with Crippen LogP contribution in [0.2, 0.25) is 0 Å². The molecular formula is C23H32O7. The van der Waals surface area contributed by atoms with Crippen LogP contribution in [0.3, 0.4) is 0 Å². The van der Waals surface area contributed by atoms with Crippen LogP contribution < -0.4 is 4.74 Å². The van der Waals surface area contributed by atoms with Gasteiger partial charge >= 0.3 is 0 Å². The summed E-state index contributed by atoms with van der Waals surface area (Å²) in [5.74, 6) is -0.0611. The molecule has 0 bridgehead atoms. The summed E-state index contributed by atoms with van der Waals surface area (Å²) in [5, 5.41) is 11.2. The van der Waals surface area contributed by atoms with E-state index in [1.54, 1.807) is 19.3 Å². The van der Waals surface area contributed by atoms with Gasteiger partial charge in [-0.25, -0.2) is 0 Å². The summed E-state index contributed by atoms with van der Waals surface area (Å²) in [6.07, 6.45) is -0.507. The van der Waals surface area contributed by atoms with Gasteiger partial charge in [0.05, 0.1) is 26.9 Å². The molecule has 6 atom stereocenters. The molecule has 2 fully saturated rings. The van der Waals surface area contributed by atoms with Gasteiger partial charge in [-0.2, -0.15) is 0 Å². The van der Waals surface area contributed by atoms with Gasteiger partial charge in [0, 0.05) is 0 Å². The Morgan fingerprint density at radius 2 is 1.50 bits per heavy atom. The molecule has 2 aliphatic rings. The summed E-state index contributed by atoms with van der Waals surface area (Å²) >= 11 is 0. The maximum atomic E-state index is 11.2. The molecular weight excluding hydrogens is 388 g/mol. The minimum Gasteiger partial charge on any atom is -0.497 e. The summed E-state index contributed by atoms with van der Waals surface area (Å²) in [6, 6.07) is 7.56. The number of rotatable bonds is 10. The summed E-state index contributed by atoms with van der Waals surface area (Å²) in [6.45, 7) is 11.9. The molecule has 1 heterocycles. The van der Waals surface area contributed by atoms with Crippen LogP contribution in [-0.2, 0) is 30.3 Å². The zero-order valence-electron chi connectivity index (χ0n) is 17.9. The third-order valence-corrected chi connectivity index (χ3v) is 5.22. The van der Waals surface area contributed by atoms with Gasteiger partial charge in [-0.3, -0.25) is 0 Å². The average molecular weight is 421 g/mol. The first-order valence-corrected chi connectivity index (χ1v) is 10.1. The Bertz CT molecular complexity index is 702. The van der Waals surface area contributed by atoms with Gasteiger partial charge in [-0.1, -0.05) is 24.3 Å². The van der Waals surface area contributed by atoms with E-state index in [0.717, 1.165) is 11.3 Å². The van der Waals surface area contributed by atoms with Crippen LogP contribution in [0.25, 0.3) is 0 Å². The maximum absolute atomic E-state index is 11.2. The van der Waals surface area contributed by atoms with Gasteiger partial charge in [0.1, 0.15) is 42.4 Å². The van der Waals surface area contributed by atoms with E-state index in [2.05, 4.69) is 13.2 Å². The Hall–Kier alpha value is -1.74. The van der Waals surface area contributed by atoms with Gasteiger partial charge in [0.15, 0.2) is 5.79 Å². The first-order chi connectivity index (χ1) is 14.4. The molecule has 1 aromatic rings. The average Bonchev–Trinajstić information content (AvgIpc) is 3.06. The largest absolute Gasteiger partial charge is 0.497 e. The topological polar surface area (TPSA) is 75.6 Å². The zero-order valence-corrected chi connectivity index (χ0v) is 17.9. The molecule has 30 heavy (non-hydrogen) atoms. The Balaban J connectivity index is 1.82. The molecule has 3 rings (SSSR count). The van der Waals surface area contributed by atoms with Crippen molar-refractivity contribution >= 4 is 0 Å². The fourth-order valence-electron chi connectivity index (χ4n) is 3.94. The van der Waals surface area contributed by atoms with Gasteiger partial charge in [-0.15, -0.1) is 13.2 Å². The zero-order chi connectivity index (χ0) is 21.7. The van der Waals surface area contributed by atoms with Crippen LogP contribution in [0.4, 0.5) is 0 Å². The quantitative estimate of drug-likeness (QED) is 0.583. The minimum absolute atomic E-state index is 0.276. The lowest BCUT2D eigenvalue weighted by Crippen LogP contribution is -2.64. The third-order valence-electron chi connectivity index (χ3n) is 5.22. The van der Waals surface area contributed by atoms with Crippen LogP contribution in [0.5, 0.6) is 5.75 Å². The van der Waals surface area contributed by atoms with Crippen molar-refractivity contribution < 1.29 is 33.5 Å². The summed E-state index contributed by atoms with van der Waals surface area (Å²) in [4.78, 5) is 0. The van der Waals surface area contributed by atoms with E-state index in [9.17, 15) is 5.11 Å². The van der Waals surface area contributed by atoms with E-state index in [1.807, 2.05) is 38.1 Å². The lowest BCUT2D eigenvalue weighted by atomic mass is 9.84. The summed E-state index contributed by atoms with van der Waals surface area (Å²) < 4.78 is 35.4. The molecule has 0 aromatic heterocycles. The standard InChI is InChI=1S/C23H32O7/c1-6-12-26-19-17(24)18(28-14-15-8-10-16(25-5)11-9-15)20(27-13-7-2)22-21(19)29-23(3,4)30-22/h6-11,17-22,24H,1-2,12-14H2,3-5H3/t17-,18-,19+,20+,21+,22-/m1/s1. The smallest absolute Gasteiger partial charge is 0.164 e.